The summed E-state index contributed by atoms with van der Waals surface area (Å²) in [6.45, 7) is 6.05. The lowest BCUT2D eigenvalue weighted by molar-refractivity contribution is -0.118. The number of hydrogen-bond donors (Lipinski definition) is 3. The van der Waals surface area contributed by atoms with Crippen LogP contribution in [0.1, 0.15) is 55.8 Å². The fraction of sp³-hybridized carbons (Fsp3) is 0.346. The van der Waals surface area contributed by atoms with Gasteiger partial charge in [0, 0.05) is 35.7 Å². The van der Waals surface area contributed by atoms with Gasteiger partial charge in [-0.2, -0.15) is 9.78 Å². The smallest absolute Gasteiger partial charge is 0.342 e. The number of anilines is 1. The molecule has 172 valence electrons. The standard InChI is InChI=1S/C26H30N4O3/c1-16(2)25(32)28-20-10-11-21(24(31)13-20)22-14-23(19-8-5-9-19)30(29-22)26(33)27-15-18-7-4-6-17(3)12-18/h4,6-7,10-14,16,19,31H,5,8-9,15H2,1-3H3,(H,27,33)(H,28,32). The molecule has 1 saturated carbocycles. The van der Waals surface area contributed by atoms with Crippen LogP contribution in [0.5, 0.6) is 5.75 Å². The van der Waals surface area contributed by atoms with Crippen molar-refractivity contribution in [2.45, 2.75) is 52.5 Å². The van der Waals surface area contributed by atoms with Gasteiger partial charge in [-0.15, -0.1) is 0 Å². The zero-order valence-electron chi connectivity index (χ0n) is 19.3. The van der Waals surface area contributed by atoms with E-state index in [-0.39, 0.29) is 29.5 Å². The number of nitrogens with one attached hydrogen (secondary N) is 2. The Labute approximate surface area is 193 Å². The van der Waals surface area contributed by atoms with Crippen molar-refractivity contribution in [2.24, 2.45) is 5.92 Å². The Morgan fingerprint density at radius 1 is 1.15 bits per heavy atom. The van der Waals surface area contributed by atoms with Crippen LogP contribution in [0.2, 0.25) is 0 Å². The molecule has 4 rings (SSSR count). The monoisotopic (exact) mass is 446 g/mol. The highest BCUT2D eigenvalue weighted by atomic mass is 16.3. The number of carbonyl (C=O) groups is 2. The molecule has 0 atom stereocenters. The lowest BCUT2D eigenvalue weighted by atomic mass is 9.82. The molecule has 1 aliphatic rings. The van der Waals surface area contributed by atoms with Crippen LogP contribution in [0.3, 0.4) is 0 Å². The van der Waals surface area contributed by atoms with Gasteiger partial charge in [0.05, 0.1) is 11.4 Å². The van der Waals surface area contributed by atoms with Crippen LogP contribution in [0.25, 0.3) is 11.3 Å². The average molecular weight is 447 g/mol. The number of benzene rings is 2. The molecule has 7 heteroatoms. The topological polar surface area (TPSA) is 96.3 Å². The first-order chi connectivity index (χ1) is 15.8. The van der Waals surface area contributed by atoms with E-state index in [1.807, 2.05) is 51.1 Å². The van der Waals surface area contributed by atoms with Gasteiger partial charge in [0.25, 0.3) is 0 Å². The maximum Gasteiger partial charge on any atom is 0.342 e. The minimum absolute atomic E-state index is 0.00142. The van der Waals surface area contributed by atoms with Crippen molar-refractivity contribution in [1.82, 2.24) is 15.1 Å². The van der Waals surface area contributed by atoms with E-state index in [0.717, 1.165) is 36.1 Å². The molecule has 33 heavy (non-hydrogen) atoms. The number of amides is 2. The van der Waals surface area contributed by atoms with E-state index < -0.39 is 0 Å². The van der Waals surface area contributed by atoms with Gasteiger partial charge in [-0.05, 0) is 43.5 Å². The summed E-state index contributed by atoms with van der Waals surface area (Å²) >= 11 is 0. The lowest BCUT2D eigenvalue weighted by Crippen LogP contribution is -2.31. The molecule has 1 fully saturated rings. The van der Waals surface area contributed by atoms with Crippen molar-refractivity contribution >= 4 is 17.6 Å². The van der Waals surface area contributed by atoms with Crippen LogP contribution in [0, 0.1) is 12.8 Å². The van der Waals surface area contributed by atoms with Crippen molar-refractivity contribution in [3.05, 3.63) is 65.4 Å². The predicted molar refractivity (Wildman–Crippen MR) is 128 cm³/mol. The molecule has 1 aliphatic carbocycles. The first-order valence-corrected chi connectivity index (χ1v) is 11.4. The summed E-state index contributed by atoms with van der Waals surface area (Å²) in [5, 5.41) is 20.9. The third-order valence-corrected chi connectivity index (χ3v) is 6.04. The highest BCUT2D eigenvalue weighted by Crippen LogP contribution is 2.39. The van der Waals surface area contributed by atoms with Gasteiger partial charge in [-0.25, -0.2) is 4.79 Å². The van der Waals surface area contributed by atoms with Gasteiger partial charge >= 0.3 is 6.03 Å². The number of rotatable bonds is 6. The molecule has 1 heterocycles. The van der Waals surface area contributed by atoms with Gasteiger partial charge < -0.3 is 15.7 Å². The Balaban J connectivity index is 1.57. The second kappa shape index (κ2) is 9.48. The summed E-state index contributed by atoms with van der Waals surface area (Å²) < 4.78 is 1.43. The van der Waals surface area contributed by atoms with E-state index in [9.17, 15) is 14.7 Å². The second-order valence-corrected chi connectivity index (χ2v) is 9.02. The molecule has 0 unspecified atom stereocenters. The van der Waals surface area contributed by atoms with Crippen LogP contribution in [-0.4, -0.2) is 26.8 Å². The lowest BCUT2D eigenvalue weighted by Gasteiger charge is -2.25. The Bertz CT molecular complexity index is 1180. The fourth-order valence-electron chi connectivity index (χ4n) is 3.87. The number of phenols is 1. The SMILES string of the molecule is Cc1cccc(CNC(=O)n2nc(-c3ccc(NC(=O)C(C)C)cc3O)cc2C2CCC2)c1. The largest absolute Gasteiger partial charge is 0.507 e. The Morgan fingerprint density at radius 2 is 1.94 bits per heavy atom. The normalized spacial score (nSPS) is 13.6. The van der Waals surface area contributed by atoms with Crippen LogP contribution in [0.4, 0.5) is 10.5 Å². The van der Waals surface area contributed by atoms with Crippen LogP contribution < -0.4 is 10.6 Å². The van der Waals surface area contributed by atoms with E-state index in [4.69, 9.17) is 0 Å². The molecule has 0 bridgehead atoms. The van der Waals surface area contributed by atoms with Crippen LogP contribution in [-0.2, 0) is 11.3 Å². The maximum absolute atomic E-state index is 13.0. The first kappa shape index (κ1) is 22.6. The zero-order valence-corrected chi connectivity index (χ0v) is 19.3. The number of aromatic hydroxyl groups is 1. The Hall–Kier alpha value is -3.61. The molecule has 3 N–H and O–H groups in total. The number of phenolic OH excluding ortho intramolecular Hbond substituents is 1. The highest BCUT2D eigenvalue weighted by molar-refractivity contribution is 5.92. The molecule has 0 radical (unpaired) electrons. The third kappa shape index (κ3) is 5.08. The zero-order chi connectivity index (χ0) is 23.5. The molecule has 2 amide bonds. The van der Waals surface area contributed by atoms with Gasteiger partial charge in [0.15, 0.2) is 0 Å². The summed E-state index contributed by atoms with van der Waals surface area (Å²) in [4.78, 5) is 25.0. The van der Waals surface area contributed by atoms with Gasteiger partial charge in [-0.3, -0.25) is 4.79 Å². The predicted octanol–water partition coefficient (Wildman–Crippen LogP) is 5.18. The molecular weight excluding hydrogens is 416 g/mol. The van der Waals surface area contributed by atoms with Gasteiger partial charge in [0.2, 0.25) is 5.91 Å². The molecule has 3 aromatic rings. The van der Waals surface area contributed by atoms with Crippen molar-refractivity contribution in [3.63, 3.8) is 0 Å². The van der Waals surface area contributed by atoms with Crippen molar-refractivity contribution in [3.8, 4) is 17.0 Å². The molecule has 7 nitrogen and oxygen atoms in total. The molecule has 0 aliphatic heterocycles. The molecule has 1 aromatic heterocycles. The average Bonchev–Trinajstić information content (AvgIpc) is 3.15. The van der Waals surface area contributed by atoms with Crippen molar-refractivity contribution in [1.29, 1.82) is 0 Å². The quantitative estimate of drug-likeness (QED) is 0.486. The summed E-state index contributed by atoms with van der Waals surface area (Å²) in [6, 6.07) is 14.6. The van der Waals surface area contributed by atoms with E-state index in [1.54, 1.807) is 12.1 Å². The highest BCUT2D eigenvalue weighted by Gasteiger charge is 2.27. The first-order valence-electron chi connectivity index (χ1n) is 11.4. The number of nitrogens with zero attached hydrogens (tertiary/aromatic N) is 2. The van der Waals surface area contributed by atoms with Crippen molar-refractivity contribution < 1.29 is 14.7 Å². The number of carbonyl (C=O) groups excluding carboxylic acids is 2. The summed E-state index contributed by atoms with van der Waals surface area (Å²) in [7, 11) is 0. The van der Waals surface area contributed by atoms with E-state index in [0.29, 0.717) is 23.5 Å². The fourth-order valence-corrected chi connectivity index (χ4v) is 3.87. The summed E-state index contributed by atoms with van der Waals surface area (Å²) in [6.07, 6.45) is 3.16. The van der Waals surface area contributed by atoms with E-state index >= 15 is 0 Å². The van der Waals surface area contributed by atoms with Gasteiger partial charge in [-0.1, -0.05) is 50.1 Å². The summed E-state index contributed by atoms with van der Waals surface area (Å²) in [5.74, 6) is -0.000838. The maximum atomic E-state index is 13.0. The second-order valence-electron chi connectivity index (χ2n) is 9.02. The molecular formula is C26H30N4O3. The van der Waals surface area contributed by atoms with Crippen LogP contribution >= 0.6 is 0 Å². The number of aryl methyl sites for hydroxylation is 1. The Morgan fingerprint density at radius 3 is 2.58 bits per heavy atom. The number of aromatic nitrogens is 2. The van der Waals surface area contributed by atoms with Crippen molar-refractivity contribution in [2.75, 3.05) is 5.32 Å². The van der Waals surface area contributed by atoms with Gasteiger partial charge in [0.1, 0.15) is 5.75 Å². The van der Waals surface area contributed by atoms with Crippen LogP contribution in [0.15, 0.2) is 48.5 Å². The summed E-state index contributed by atoms with van der Waals surface area (Å²) in [5.41, 5.74) is 4.59. The molecule has 0 spiro atoms. The van der Waals surface area contributed by atoms with E-state index in [2.05, 4.69) is 15.7 Å². The molecule has 2 aromatic carbocycles. The Kier molecular flexibility index (Phi) is 6.49. The molecule has 0 saturated heterocycles. The minimum Gasteiger partial charge on any atom is -0.507 e. The minimum atomic E-state index is -0.287. The number of hydrogen-bond acceptors (Lipinski definition) is 4. The van der Waals surface area contributed by atoms with E-state index in [1.165, 1.54) is 10.7 Å². The third-order valence-electron chi connectivity index (χ3n) is 6.04.